The second-order valence-corrected chi connectivity index (χ2v) is 7.32. The van der Waals surface area contributed by atoms with Gasteiger partial charge in [0, 0.05) is 29.1 Å². The van der Waals surface area contributed by atoms with Gasteiger partial charge in [-0.2, -0.15) is 0 Å². The van der Waals surface area contributed by atoms with Crippen LogP contribution in [0, 0.1) is 0 Å². The van der Waals surface area contributed by atoms with E-state index in [9.17, 15) is 19.8 Å². The van der Waals surface area contributed by atoms with E-state index in [1.807, 2.05) is 54.6 Å². The van der Waals surface area contributed by atoms with Crippen LogP contribution in [0.15, 0.2) is 65.2 Å². The van der Waals surface area contributed by atoms with E-state index in [1.54, 1.807) is 0 Å². The summed E-state index contributed by atoms with van der Waals surface area (Å²) < 4.78 is 4.28. The molecular formula is C20H18IN3O5. The number of amides is 1. The third-order valence-electron chi connectivity index (χ3n) is 4.07. The van der Waals surface area contributed by atoms with Gasteiger partial charge in [0.25, 0.3) is 5.88 Å². The van der Waals surface area contributed by atoms with E-state index in [1.165, 1.54) is 27.6 Å². The average Bonchev–Trinajstić information content (AvgIpc) is 3.15. The Morgan fingerprint density at radius 2 is 1.76 bits per heavy atom. The molecule has 0 bridgehead atoms. The minimum atomic E-state index is -1.28. The van der Waals surface area contributed by atoms with Crippen molar-refractivity contribution in [2.75, 3.05) is 6.54 Å². The van der Waals surface area contributed by atoms with Gasteiger partial charge in [0.05, 0.1) is 12.6 Å². The van der Waals surface area contributed by atoms with Crippen LogP contribution in [0.3, 0.4) is 0 Å². The number of halogens is 1. The first kappa shape index (κ1) is 21.0. The summed E-state index contributed by atoms with van der Waals surface area (Å²) in [6, 6.07) is 18.7. The minimum Gasteiger partial charge on any atom is -0.491 e. The maximum Gasteiger partial charge on any atom is 0.304 e. The molecule has 1 atom stereocenters. The fourth-order valence-corrected chi connectivity index (χ4v) is 2.85. The maximum absolute atomic E-state index is 12.3. The van der Waals surface area contributed by atoms with Gasteiger partial charge in [-0.3, -0.25) is 15.0 Å². The van der Waals surface area contributed by atoms with Crippen LogP contribution in [0.25, 0.3) is 11.1 Å². The number of benzene rings is 2. The number of aliphatic hydroxyl groups is 1. The molecular weight excluding hydrogens is 489 g/mol. The molecule has 0 aliphatic heterocycles. The first-order valence-electron chi connectivity index (χ1n) is 8.66. The van der Waals surface area contributed by atoms with Crippen molar-refractivity contribution in [3.63, 3.8) is 0 Å². The molecule has 8 nitrogen and oxygen atoms in total. The van der Waals surface area contributed by atoms with Crippen molar-refractivity contribution in [1.29, 1.82) is 0 Å². The predicted molar refractivity (Wildman–Crippen MR) is 113 cm³/mol. The molecule has 0 radical (unpaired) electrons. The van der Waals surface area contributed by atoms with Crippen LogP contribution in [0.1, 0.15) is 16.1 Å². The molecule has 3 rings (SSSR count). The molecule has 0 spiro atoms. The first-order valence-corrected chi connectivity index (χ1v) is 9.73. The van der Waals surface area contributed by atoms with Crippen LogP contribution in [-0.2, 0) is 11.3 Å². The molecule has 9 heteroatoms. The van der Waals surface area contributed by atoms with Crippen molar-refractivity contribution in [2.24, 2.45) is 0 Å². The molecule has 150 valence electrons. The van der Waals surface area contributed by atoms with Crippen molar-refractivity contribution >= 4 is 32.3 Å². The fraction of sp³-hybridized carbons (Fsp3) is 0.150. The molecule has 0 unspecified atom stereocenters. The molecule has 29 heavy (non-hydrogen) atoms. The van der Waals surface area contributed by atoms with E-state index >= 15 is 0 Å². The van der Waals surface area contributed by atoms with E-state index < -0.39 is 21.7 Å². The van der Waals surface area contributed by atoms with Gasteiger partial charge in [-0.15, -0.1) is 0 Å². The highest BCUT2D eigenvalue weighted by atomic mass is 127. The molecule has 0 saturated heterocycles. The van der Waals surface area contributed by atoms with Gasteiger partial charge in [-0.25, -0.2) is 5.01 Å². The minimum absolute atomic E-state index is 0.117. The Kier molecular flexibility index (Phi) is 6.96. The molecule has 0 aliphatic carbocycles. The molecule has 0 saturated carbocycles. The van der Waals surface area contributed by atoms with E-state index in [-0.39, 0.29) is 18.8 Å². The molecule has 1 aromatic heterocycles. The lowest BCUT2D eigenvalue weighted by Gasteiger charge is -2.24. The SMILES string of the molecule is O=C(NN(Cc1ccc(-c2ccccc2)cc1)C[C@@H](O)C(=O)I)c1cc(O)no1. The first-order chi connectivity index (χ1) is 13.9. The highest BCUT2D eigenvalue weighted by molar-refractivity contribution is 14.1. The monoisotopic (exact) mass is 507 g/mol. The molecule has 2 aromatic carbocycles. The summed E-state index contributed by atoms with van der Waals surface area (Å²) >= 11 is 1.50. The van der Waals surface area contributed by atoms with Gasteiger partial charge in [0.15, 0.2) is 0 Å². The molecule has 3 N–H and O–H groups in total. The van der Waals surface area contributed by atoms with Crippen molar-refractivity contribution in [2.45, 2.75) is 12.6 Å². The van der Waals surface area contributed by atoms with E-state index in [2.05, 4.69) is 10.6 Å². The summed E-state index contributed by atoms with van der Waals surface area (Å²) in [6.07, 6.45) is -1.28. The lowest BCUT2D eigenvalue weighted by atomic mass is 10.0. The van der Waals surface area contributed by atoms with Crippen LogP contribution in [0.2, 0.25) is 0 Å². The molecule has 1 amide bonds. The zero-order valence-corrected chi connectivity index (χ0v) is 17.3. The molecule has 0 fully saturated rings. The number of carbonyl (C=O) groups excluding carboxylic acids is 2. The number of nitrogens with one attached hydrogen (secondary N) is 1. The Hall–Kier alpha value is -2.76. The Bertz CT molecular complexity index is 975. The van der Waals surface area contributed by atoms with Crippen LogP contribution >= 0.6 is 22.6 Å². The largest absolute Gasteiger partial charge is 0.491 e. The van der Waals surface area contributed by atoms with Crippen LogP contribution in [0.5, 0.6) is 5.88 Å². The summed E-state index contributed by atoms with van der Waals surface area (Å²) in [4.78, 5) is 23.7. The van der Waals surface area contributed by atoms with Crippen molar-refractivity contribution in [3.8, 4) is 17.0 Å². The van der Waals surface area contributed by atoms with Crippen molar-refractivity contribution < 1.29 is 24.3 Å². The lowest BCUT2D eigenvalue weighted by Crippen LogP contribution is -2.46. The van der Waals surface area contributed by atoms with Gasteiger partial charge in [-0.1, -0.05) is 54.6 Å². The summed E-state index contributed by atoms with van der Waals surface area (Å²) in [6.45, 7) is 0.121. The van der Waals surface area contributed by atoms with Gasteiger partial charge in [-0.05, 0) is 21.8 Å². The predicted octanol–water partition coefficient (Wildman–Crippen LogP) is 2.52. The smallest absolute Gasteiger partial charge is 0.304 e. The number of rotatable bonds is 8. The quantitative estimate of drug-likeness (QED) is 0.244. The highest BCUT2D eigenvalue weighted by Gasteiger charge is 2.21. The Morgan fingerprint density at radius 1 is 1.10 bits per heavy atom. The summed E-state index contributed by atoms with van der Waals surface area (Å²) in [5.74, 6) is -1.27. The van der Waals surface area contributed by atoms with Crippen LogP contribution in [0.4, 0.5) is 0 Å². The zero-order valence-electron chi connectivity index (χ0n) is 15.2. The number of aliphatic hydroxyl groups excluding tert-OH is 1. The topological polar surface area (TPSA) is 116 Å². The number of hydrazine groups is 1. The number of hydrogen-bond acceptors (Lipinski definition) is 7. The zero-order chi connectivity index (χ0) is 20.8. The van der Waals surface area contributed by atoms with Crippen molar-refractivity contribution in [1.82, 2.24) is 15.6 Å². The van der Waals surface area contributed by atoms with Crippen molar-refractivity contribution in [3.05, 3.63) is 72.0 Å². The van der Waals surface area contributed by atoms with Crippen LogP contribution < -0.4 is 5.43 Å². The molecule has 0 aliphatic rings. The second kappa shape index (κ2) is 9.63. The molecule has 3 aromatic rings. The van der Waals surface area contributed by atoms with E-state index in [0.29, 0.717) is 0 Å². The van der Waals surface area contributed by atoms with Gasteiger partial charge >= 0.3 is 5.91 Å². The maximum atomic E-state index is 12.3. The van der Waals surface area contributed by atoms with Gasteiger partial charge < -0.3 is 14.7 Å². The third-order valence-corrected chi connectivity index (χ3v) is 4.79. The normalized spacial score (nSPS) is 12.0. The third kappa shape index (κ3) is 5.86. The number of carbonyl (C=O) groups is 2. The standard InChI is InChI=1S/C20H18IN3O5/c21-19(27)16(25)12-24(22-20(28)17-10-18(26)23-29-17)11-13-6-8-15(9-7-13)14-4-2-1-3-5-14/h1-10,16,25H,11-12H2,(H,22,28)(H,23,26)/t16-/m1/s1. The lowest BCUT2D eigenvalue weighted by molar-refractivity contribution is -0.117. The number of aromatic hydroxyl groups is 1. The van der Waals surface area contributed by atoms with E-state index in [0.717, 1.165) is 22.8 Å². The number of aromatic nitrogens is 1. The number of hydrogen-bond donors (Lipinski definition) is 3. The second-order valence-electron chi connectivity index (χ2n) is 6.25. The Balaban J connectivity index is 1.73. The Morgan fingerprint density at radius 3 is 2.34 bits per heavy atom. The summed E-state index contributed by atoms with van der Waals surface area (Å²) in [5.41, 5.74) is 5.55. The highest BCUT2D eigenvalue weighted by Crippen LogP contribution is 2.20. The summed E-state index contributed by atoms with van der Waals surface area (Å²) in [7, 11) is 0. The van der Waals surface area contributed by atoms with Crippen LogP contribution in [-0.4, -0.2) is 42.7 Å². The van der Waals surface area contributed by atoms with E-state index in [4.69, 9.17) is 4.52 Å². The average molecular weight is 507 g/mol. The van der Waals surface area contributed by atoms with Gasteiger partial charge in [0.1, 0.15) is 6.10 Å². The summed E-state index contributed by atoms with van der Waals surface area (Å²) in [5, 5.41) is 23.8. The molecule has 1 heterocycles. The number of nitrogens with zero attached hydrogens (tertiary/aromatic N) is 2. The Labute approximate surface area is 180 Å². The van der Waals surface area contributed by atoms with Gasteiger partial charge in [0.2, 0.25) is 9.55 Å². The fourth-order valence-electron chi connectivity index (χ4n) is 2.66.